The van der Waals surface area contributed by atoms with Crippen LogP contribution in [-0.4, -0.2) is 33.5 Å². The first-order valence-corrected chi connectivity index (χ1v) is 7.43. The molecule has 0 aliphatic heterocycles. The molecular weight excluding hydrogens is 278 g/mol. The molecule has 0 atom stereocenters. The van der Waals surface area contributed by atoms with E-state index in [-0.39, 0.29) is 0 Å². The number of aryl methyl sites for hydroxylation is 1. The Morgan fingerprint density at radius 3 is 2.59 bits per heavy atom. The molecule has 1 N–H and O–H groups in total. The lowest BCUT2D eigenvalue weighted by molar-refractivity contribution is 0.146. The molecule has 0 fully saturated rings. The molecule has 2 rings (SSSR count). The van der Waals surface area contributed by atoms with Crippen molar-refractivity contribution in [3.63, 3.8) is 0 Å². The van der Waals surface area contributed by atoms with Crippen molar-refractivity contribution in [2.45, 2.75) is 6.92 Å². The van der Waals surface area contributed by atoms with Gasteiger partial charge in [0.2, 0.25) is 0 Å². The van der Waals surface area contributed by atoms with Crippen molar-refractivity contribution in [3.05, 3.63) is 54.1 Å². The summed E-state index contributed by atoms with van der Waals surface area (Å²) in [6, 6.07) is 15.9. The van der Waals surface area contributed by atoms with Crippen molar-refractivity contribution in [1.82, 2.24) is 0 Å². The van der Waals surface area contributed by atoms with E-state index >= 15 is 0 Å². The fraction of sp³-hybridized carbons (Fsp3) is 0.333. The third kappa shape index (κ3) is 5.30. The number of nitrogens with one attached hydrogen (secondary N) is 1. The Labute approximate surface area is 132 Å². The molecular formula is C18H23NO3. The van der Waals surface area contributed by atoms with Gasteiger partial charge in [-0.25, -0.2) is 0 Å². The molecule has 0 aliphatic rings. The summed E-state index contributed by atoms with van der Waals surface area (Å²) >= 11 is 0. The van der Waals surface area contributed by atoms with Crippen LogP contribution in [0.3, 0.4) is 0 Å². The minimum absolute atomic E-state index is 0.552. The van der Waals surface area contributed by atoms with Gasteiger partial charge >= 0.3 is 0 Å². The minimum atomic E-state index is 0.552. The second kappa shape index (κ2) is 8.95. The van der Waals surface area contributed by atoms with Crippen LogP contribution in [0.5, 0.6) is 11.5 Å². The maximum absolute atomic E-state index is 5.76. The highest BCUT2D eigenvalue weighted by molar-refractivity contribution is 5.48. The molecule has 0 saturated heterocycles. The number of anilines is 1. The molecule has 0 spiro atoms. The van der Waals surface area contributed by atoms with Crippen LogP contribution in [0.4, 0.5) is 5.69 Å². The van der Waals surface area contributed by atoms with E-state index < -0.39 is 0 Å². The molecule has 0 unspecified atom stereocenters. The monoisotopic (exact) mass is 301 g/mol. The Kier molecular flexibility index (Phi) is 6.58. The van der Waals surface area contributed by atoms with Crippen LogP contribution in [0.15, 0.2) is 48.5 Å². The van der Waals surface area contributed by atoms with Crippen molar-refractivity contribution >= 4 is 5.69 Å². The van der Waals surface area contributed by atoms with Crippen LogP contribution in [0.1, 0.15) is 5.56 Å². The SMILES string of the molecule is COCCOc1cccc(NCCOc2ccccc2C)c1. The van der Waals surface area contributed by atoms with Crippen LogP contribution in [0.25, 0.3) is 0 Å². The van der Waals surface area contributed by atoms with Gasteiger partial charge in [-0.05, 0) is 30.7 Å². The highest BCUT2D eigenvalue weighted by Crippen LogP contribution is 2.18. The Morgan fingerprint density at radius 1 is 0.909 bits per heavy atom. The van der Waals surface area contributed by atoms with Crippen LogP contribution in [-0.2, 0) is 4.74 Å². The minimum Gasteiger partial charge on any atom is -0.491 e. The zero-order valence-electron chi connectivity index (χ0n) is 13.2. The van der Waals surface area contributed by atoms with Crippen LogP contribution >= 0.6 is 0 Å². The van der Waals surface area contributed by atoms with E-state index in [9.17, 15) is 0 Å². The van der Waals surface area contributed by atoms with Gasteiger partial charge < -0.3 is 19.5 Å². The normalized spacial score (nSPS) is 10.3. The molecule has 4 nitrogen and oxygen atoms in total. The highest BCUT2D eigenvalue weighted by atomic mass is 16.5. The summed E-state index contributed by atoms with van der Waals surface area (Å²) < 4.78 is 16.3. The molecule has 0 radical (unpaired) electrons. The van der Waals surface area contributed by atoms with Gasteiger partial charge in [0.25, 0.3) is 0 Å². The number of ether oxygens (including phenoxy) is 3. The van der Waals surface area contributed by atoms with E-state index in [4.69, 9.17) is 14.2 Å². The van der Waals surface area contributed by atoms with E-state index in [0.29, 0.717) is 19.8 Å². The van der Waals surface area contributed by atoms with Crippen molar-refractivity contribution in [3.8, 4) is 11.5 Å². The molecule has 22 heavy (non-hydrogen) atoms. The molecule has 4 heteroatoms. The molecule has 0 amide bonds. The number of para-hydroxylation sites is 1. The number of hydrogen-bond donors (Lipinski definition) is 1. The van der Waals surface area contributed by atoms with E-state index in [0.717, 1.165) is 29.3 Å². The van der Waals surface area contributed by atoms with Crippen molar-refractivity contribution in [1.29, 1.82) is 0 Å². The Bertz CT molecular complexity index is 572. The van der Waals surface area contributed by atoms with E-state index in [1.165, 1.54) is 0 Å². The van der Waals surface area contributed by atoms with Gasteiger partial charge in [0.1, 0.15) is 24.7 Å². The number of rotatable bonds is 9. The van der Waals surface area contributed by atoms with E-state index in [1.54, 1.807) is 7.11 Å². The van der Waals surface area contributed by atoms with Gasteiger partial charge in [0, 0.05) is 25.4 Å². The fourth-order valence-corrected chi connectivity index (χ4v) is 2.01. The first-order chi connectivity index (χ1) is 10.8. The summed E-state index contributed by atoms with van der Waals surface area (Å²) in [4.78, 5) is 0. The Morgan fingerprint density at radius 2 is 1.77 bits per heavy atom. The summed E-state index contributed by atoms with van der Waals surface area (Å²) in [6.07, 6.45) is 0. The fourth-order valence-electron chi connectivity index (χ4n) is 2.01. The molecule has 2 aromatic rings. The standard InChI is InChI=1S/C18H23NO3/c1-15-6-3-4-9-18(15)22-11-10-19-16-7-5-8-17(14-16)21-13-12-20-2/h3-9,14,19H,10-13H2,1-2H3. The largest absolute Gasteiger partial charge is 0.491 e. The smallest absolute Gasteiger partial charge is 0.122 e. The number of methoxy groups -OCH3 is 1. The first-order valence-electron chi connectivity index (χ1n) is 7.43. The van der Waals surface area contributed by atoms with Crippen LogP contribution in [0, 0.1) is 6.92 Å². The maximum Gasteiger partial charge on any atom is 0.122 e. The molecule has 2 aromatic carbocycles. The Hall–Kier alpha value is -2.20. The molecule has 118 valence electrons. The lowest BCUT2D eigenvalue weighted by atomic mass is 10.2. The predicted octanol–water partition coefficient (Wildman–Crippen LogP) is 3.51. The lowest BCUT2D eigenvalue weighted by Gasteiger charge is -2.11. The zero-order valence-corrected chi connectivity index (χ0v) is 13.2. The molecule has 0 bridgehead atoms. The van der Waals surface area contributed by atoms with E-state index in [1.807, 2.05) is 55.5 Å². The summed E-state index contributed by atoms with van der Waals surface area (Å²) in [5.41, 5.74) is 2.17. The topological polar surface area (TPSA) is 39.7 Å². The summed E-state index contributed by atoms with van der Waals surface area (Å²) in [5.74, 6) is 1.77. The molecule has 0 aliphatic carbocycles. The van der Waals surface area contributed by atoms with Crippen molar-refractivity contribution in [2.75, 3.05) is 38.8 Å². The summed E-state index contributed by atoms with van der Waals surface area (Å²) in [7, 11) is 1.66. The molecule has 0 saturated carbocycles. The average molecular weight is 301 g/mol. The summed E-state index contributed by atoms with van der Waals surface area (Å²) in [6.45, 7) is 4.53. The lowest BCUT2D eigenvalue weighted by Crippen LogP contribution is -2.12. The third-order valence-corrected chi connectivity index (χ3v) is 3.17. The second-order valence-corrected chi connectivity index (χ2v) is 4.91. The van der Waals surface area contributed by atoms with Gasteiger partial charge in [0.15, 0.2) is 0 Å². The highest BCUT2D eigenvalue weighted by Gasteiger charge is 1.99. The average Bonchev–Trinajstić information content (AvgIpc) is 2.54. The van der Waals surface area contributed by atoms with Crippen molar-refractivity contribution in [2.24, 2.45) is 0 Å². The molecule has 0 heterocycles. The third-order valence-electron chi connectivity index (χ3n) is 3.17. The van der Waals surface area contributed by atoms with Gasteiger partial charge in [-0.3, -0.25) is 0 Å². The summed E-state index contributed by atoms with van der Waals surface area (Å²) in [5, 5.41) is 3.33. The van der Waals surface area contributed by atoms with Gasteiger partial charge in [-0.15, -0.1) is 0 Å². The van der Waals surface area contributed by atoms with Gasteiger partial charge in [-0.2, -0.15) is 0 Å². The first kappa shape index (κ1) is 16.2. The van der Waals surface area contributed by atoms with Gasteiger partial charge in [-0.1, -0.05) is 24.3 Å². The number of benzene rings is 2. The quantitative estimate of drug-likeness (QED) is 0.720. The van der Waals surface area contributed by atoms with E-state index in [2.05, 4.69) is 5.32 Å². The Balaban J connectivity index is 1.75. The van der Waals surface area contributed by atoms with Gasteiger partial charge in [0.05, 0.1) is 6.61 Å². The van der Waals surface area contributed by atoms with Crippen LogP contribution in [0.2, 0.25) is 0 Å². The maximum atomic E-state index is 5.76. The predicted molar refractivity (Wildman–Crippen MR) is 89.0 cm³/mol. The van der Waals surface area contributed by atoms with Crippen LogP contribution < -0.4 is 14.8 Å². The molecule has 0 aromatic heterocycles. The number of hydrogen-bond acceptors (Lipinski definition) is 4. The zero-order chi connectivity index (χ0) is 15.6. The van der Waals surface area contributed by atoms with Crippen molar-refractivity contribution < 1.29 is 14.2 Å². The second-order valence-electron chi connectivity index (χ2n) is 4.91.